The van der Waals surface area contributed by atoms with Gasteiger partial charge in [0.1, 0.15) is 30.5 Å². The van der Waals surface area contributed by atoms with Gasteiger partial charge in [0.15, 0.2) is 6.29 Å². The average Bonchev–Trinajstić information content (AvgIpc) is 2.74. The highest BCUT2D eigenvalue weighted by molar-refractivity contribution is 5.82. The highest BCUT2D eigenvalue weighted by Crippen LogP contribution is 2.28. The fourth-order valence-corrected chi connectivity index (χ4v) is 3.78. The van der Waals surface area contributed by atoms with Crippen LogP contribution in [-0.4, -0.2) is 86.6 Å². The third-order valence-electron chi connectivity index (χ3n) is 6.34. The van der Waals surface area contributed by atoms with E-state index in [0.29, 0.717) is 12.8 Å². The summed E-state index contributed by atoms with van der Waals surface area (Å²) in [6, 6.07) is 0. The minimum atomic E-state index is -1.53. The maximum atomic E-state index is 12.1. The van der Waals surface area contributed by atoms with E-state index < -0.39 is 55.0 Å². The van der Waals surface area contributed by atoms with Crippen LogP contribution in [0.3, 0.4) is 0 Å². The molecule has 2 aliphatic heterocycles. The molecule has 0 radical (unpaired) electrons. The van der Waals surface area contributed by atoms with Gasteiger partial charge in [0.05, 0.1) is 18.3 Å². The number of cyclic esters (lactones) is 1. The lowest BCUT2D eigenvalue weighted by molar-refractivity contribution is -0.309. The molecule has 2 aliphatic rings. The van der Waals surface area contributed by atoms with Crippen molar-refractivity contribution in [2.45, 2.75) is 102 Å². The van der Waals surface area contributed by atoms with Gasteiger partial charge < -0.3 is 39.7 Å². The number of ether oxygens (including phenoxy) is 3. The van der Waals surface area contributed by atoms with Gasteiger partial charge in [0.25, 0.3) is 0 Å². The molecule has 32 heavy (non-hydrogen) atoms. The second-order valence-corrected chi connectivity index (χ2v) is 9.20. The van der Waals surface area contributed by atoms with Crippen molar-refractivity contribution in [3.05, 3.63) is 23.8 Å². The Hall–Kier alpha value is -1.33. The van der Waals surface area contributed by atoms with Crippen LogP contribution in [0.2, 0.25) is 0 Å². The number of allylic oxidation sites excluding steroid dienone is 1. The van der Waals surface area contributed by atoms with E-state index in [0.717, 1.165) is 12.0 Å². The van der Waals surface area contributed by atoms with Crippen LogP contribution in [0.15, 0.2) is 23.8 Å². The Morgan fingerprint density at radius 1 is 1.16 bits per heavy atom. The summed E-state index contributed by atoms with van der Waals surface area (Å²) >= 11 is 0. The number of hydrogen-bond acceptors (Lipinski definition) is 9. The van der Waals surface area contributed by atoms with Crippen LogP contribution in [0.4, 0.5) is 0 Å². The molecule has 1 fully saturated rings. The molecular formula is C23H38O9. The predicted molar refractivity (Wildman–Crippen MR) is 115 cm³/mol. The van der Waals surface area contributed by atoms with Gasteiger partial charge in [-0.15, -0.1) is 0 Å². The number of aliphatic hydroxyl groups excluding tert-OH is 4. The van der Waals surface area contributed by atoms with E-state index in [9.17, 15) is 30.3 Å². The van der Waals surface area contributed by atoms with Gasteiger partial charge >= 0.3 is 5.97 Å². The van der Waals surface area contributed by atoms with Crippen molar-refractivity contribution < 1.29 is 44.5 Å². The molecule has 0 aliphatic carbocycles. The second-order valence-electron chi connectivity index (χ2n) is 9.20. The molecule has 9 atom stereocenters. The van der Waals surface area contributed by atoms with Crippen molar-refractivity contribution in [3.63, 3.8) is 0 Å². The van der Waals surface area contributed by atoms with Crippen LogP contribution in [0.25, 0.3) is 0 Å². The van der Waals surface area contributed by atoms with E-state index in [1.54, 1.807) is 6.92 Å². The van der Waals surface area contributed by atoms with E-state index in [1.807, 2.05) is 26.8 Å². The van der Waals surface area contributed by atoms with Crippen LogP contribution >= 0.6 is 0 Å². The molecule has 5 N–H and O–H groups in total. The zero-order chi connectivity index (χ0) is 24.1. The van der Waals surface area contributed by atoms with Crippen LogP contribution < -0.4 is 0 Å². The van der Waals surface area contributed by atoms with Gasteiger partial charge in [-0.25, -0.2) is 4.79 Å². The summed E-state index contributed by atoms with van der Waals surface area (Å²) in [4.78, 5) is 12.1. The average molecular weight is 459 g/mol. The number of aliphatic hydroxyl groups is 5. The Balaban J connectivity index is 2.23. The monoisotopic (exact) mass is 458 g/mol. The Kier molecular flexibility index (Phi) is 9.84. The normalized spacial score (nSPS) is 42.7. The molecule has 0 saturated carbocycles. The molecule has 0 bridgehead atoms. The molecule has 0 spiro atoms. The minimum Gasteiger partial charge on any atom is -0.459 e. The second kappa shape index (κ2) is 11.7. The number of esters is 1. The molecule has 1 saturated heterocycles. The first-order chi connectivity index (χ1) is 14.9. The van der Waals surface area contributed by atoms with Crippen LogP contribution in [0.5, 0.6) is 0 Å². The van der Waals surface area contributed by atoms with Crippen molar-refractivity contribution in [2.24, 2.45) is 5.92 Å². The van der Waals surface area contributed by atoms with E-state index in [4.69, 9.17) is 14.2 Å². The summed E-state index contributed by atoms with van der Waals surface area (Å²) in [7, 11) is 0. The number of carbonyl (C=O) groups excluding carboxylic acids is 1. The third-order valence-corrected chi connectivity index (χ3v) is 6.34. The highest BCUT2D eigenvalue weighted by atomic mass is 16.7. The molecule has 0 unspecified atom stereocenters. The lowest BCUT2D eigenvalue weighted by atomic mass is 9.93. The first-order valence-corrected chi connectivity index (χ1v) is 11.2. The van der Waals surface area contributed by atoms with Gasteiger partial charge in [-0.2, -0.15) is 0 Å². The van der Waals surface area contributed by atoms with E-state index >= 15 is 0 Å². The Labute approximate surface area is 189 Å². The molecule has 2 heterocycles. The molecule has 2 rings (SSSR count). The maximum absolute atomic E-state index is 12.1. The Morgan fingerprint density at radius 3 is 2.50 bits per heavy atom. The molecule has 0 aromatic heterocycles. The quantitative estimate of drug-likeness (QED) is 0.302. The number of hydrogen-bond donors (Lipinski definition) is 5. The van der Waals surface area contributed by atoms with Crippen molar-refractivity contribution in [1.82, 2.24) is 0 Å². The zero-order valence-electron chi connectivity index (χ0n) is 19.3. The number of carbonyl (C=O) groups is 1. The lowest BCUT2D eigenvalue weighted by Crippen LogP contribution is -2.59. The molecule has 9 heteroatoms. The lowest BCUT2D eigenvalue weighted by Gasteiger charge is -2.41. The summed E-state index contributed by atoms with van der Waals surface area (Å²) < 4.78 is 16.9. The van der Waals surface area contributed by atoms with E-state index in [-0.39, 0.29) is 18.4 Å². The summed E-state index contributed by atoms with van der Waals surface area (Å²) in [5.41, 5.74) is -0.453. The van der Waals surface area contributed by atoms with Crippen molar-refractivity contribution in [1.29, 1.82) is 0 Å². The molecule has 0 aromatic carbocycles. The molecule has 0 aromatic rings. The van der Waals surface area contributed by atoms with E-state index in [2.05, 4.69) is 0 Å². The molecule has 0 amide bonds. The van der Waals surface area contributed by atoms with Crippen molar-refractivity contribution in [3.8, 4) is 0 Å². The van der Waals surface area contributed by atoms with Gasteiger partial charge in [-0.3, -0.25) is 0 Å². The first-order valence-electron chi connectivity index (χ1n) is 11.2. The first kappa shape index (κ1) is 26.9. The van der Waals surface area contributed by atoms with Crippen molar-refractivity contribution in [2.75, 3.05) is 6.61 Å². The summed E-state index contributed by atoms with van der Waals surface area (Å²) in [5, 5.41) is 50.5. The Bertz CT molecular complexity index is 672. The SMILES string of the molecule is CC1=CCC[C@H](C)[C@@H](C)OC(=O)C=C[C@](C)(O)CC[C@@H]1O[C@H]1O[C@H](CO)[C@@H](O)[C@H](O)[C@H]1O. The number of rotatable bonds is 3. The smallest absolute Gasteiger partial charge is 0.330 e. The van der Waals surface area contributed by atoms with Crippen molar-refractivity contribution >= 4 is 5.97 Å². The Morgan fingerprint density at radius 2 is 1.84 bits per heavy atom. The fraction of sp³-hybridized carbons (Fsp3) is 0.783. The topological polar surface area (TPSA) is 146 Å². The standard InChI is InChI=1S/C23H38O9/c1-13-6-5-7-14(2)16(8-10-23(4,29)11-9-18(25)30-15(13)3)31-22-21(28)20(27)19(26)17(12-24)32-22/h7,9,11,13,15-17,19-22,24,26-29H,5-6,8,10,12H2,1-4H3/t13-,15+,16-,17+,19+,20-,21+,22-,23+/m0/s1. The van der Waals surface area contributed by atoms with Gasteiger partial charge in [0, 0.05) is 6.08 Å². The van der Waals surface area contributed by atoms with Crippen LogP contribution in [0, 0.1) is 5.92 Å². The van der Waals surface area contributed by atoms with E-state index in [1.165, 1.54) is 12.2 Å². The molecular weight excluding hydrogens is 420 g/mol. The highest BCUT2D eigenvalue weighted by Gasteiger charge is 2.45. The third kappa shape index (κ3) is 7.34. The van der Waals surface area contributed by atoms with Gasteiger partial charge in [-0.1, -0.05) is 13.0 Å². The van der Waals surface area contributed by atoms with Crippen LogP contribution in [0.1, 0.15) is 53.4 Å². The fourth-order valence-electron chi connectivity index (χ4n) is 3.78. The van der Waals surface area contributed by atoms with Gasteiger partial charge in [-0.05, 0) is 64.0 Å². The molecule has 9 nitrogen and oxygen atoms in total. The minimum absolute atomic E-state index is 0.115. The summed E-state index contributed by atoms with van der Waals surface area (Å²) in [5.74, 6) is -0.396. The summed E-state index contributed by atoms with van der Waals surface area (Å²) in [6.45, 7) is 6.73. The maximum Gasteiger partial charge on any atom is 0.330 e. The zero-order valence-corrected chi connectivity index (χ0v) is 19.3. The van der Waals surface area contributed by atoms with Gasteiger partial charge in [0.2, 0.25) is 0 Å². The molecule has 184 valence electrons. The predicted octanol–water partition coefficient (Wildman–Crippen LogP) is 0.567. The summed E-state index contributed by atoms with van der Waals surface area (Å²) in [6.07, 6.45) is -1.05. The van der Waals surface area contributed by atoms with Crippen LogP contribution in [-0.2, 0) is 19.0 Å². The largest absolute Gasteiger partial charge is 0.459 e.